The fourth-order valence-corrected chi connectivity index (χ4v) is 5.36. The first-order valence-corrected chi connectivity index (χ1v) is 12.5. The van der Waals surface area contributed by atoms with Gasteiger partial charge in [-0.3, -0.25) is 9.59 Å². The van der Waals surface area contributed by atoms with Crippen LogP contribution in [0.3, 0.4) is 0 Å². The molecule has 2 fully saturated rings. The molecule has 7 nitrogen and oxygen atoms in total. The van der Waals surface area contributed by atoms with Crippen molar-refractivity contribution in [2.75, 3.05) is 42.7 Å². The normalized spacial score (nSPS) is 23.5. The molecule has 0 radical (unpaired) electrons. The molecule has 2 aliphatic heterocycles. The van der Waals surface area contributed by atoms with Crippen LogP contribution in [-0.2, 0) is 14.3 Å². The fourth-order valence-electron chi connectivity index (χ4n) is 5.36. The molecule has 2 amide bonds. The third kappa shape index (κ3) is 4.96. The number of aliphatic hydroxyl groups excluding tert-OH is 1. The Hall–Kier alpha value is -1.96. The quantitative estimate of drug-likeness (QED) is 0.596. The van der Waals surface area contributed by atoms with Crippen molar-refractivity contribution in [1.82, 2.24) is 5.32 Å². The molecule has 1 aliphatic carbocycles. The zero-order valence-corrected chi connectivity index (χ0v) is 20.5. The van der Waals surface area contributed by atoms with E-state index in [2.05, 4.69) is 31.3 Å². The van der Waals surface area contributed by atoms with Crippen LogP contribution in [0.2, 0.25) is 0 Å². The summed E-state index contributed by atoms with van der Waals surface area (Å²) in [7, 11) is 0. The lowest BCUT2D eigenvalue weighted by molar-refractivity contribution is -0.143. The Morgan fingerprint density at radius 2 is 2.00 bits per heavy atom. The zero-order valence-electron chi connectivity index (χ0n) is 20.5. The molecule has 0 aromatic heterocycles. The van der Waals surface area contributed by atoms with Crippen LogP contribution < -0.4 is 15.1 Å². The van der Waals surface area contributed by atoms with E-state index in [1.165, 1.54) is 5.56 Å². The number of aliphatic hydroxyl groups is 1. The van der Waals surface area contributed by atoms with Crippen LogP contribution in [0.1, 0.15) is 64.9 Å². The number of fused-ring (bicyclic) bond motifs is 1. The molecular formula is C26H39N3O4. The summed E-state index contributed by atoms with van der Waals surface area (Å²) >= 11 is 0. The SMILES string of the molecule is CCC(CNC(C)CC1(CO)COC1)c1ccc2c(c1)N(C(=O)C1CC1)C[C@H](C)N2C(C)=O. The minimum absolute atomic E-state index is 0.00957. The highest BCUT2D eigenvalue weighted by molar-refractivity contribution is 6.05. The van der Waals surface area contributed by atoms with Gasteiger partial charge in [0.1, 0.15) is 0 Å². The molecule has 33 heavy (non-hydrogen) atoms. The molecule has 0 bridgehead atoms. The maximum atomic E-state index is 13.1. The maximum absolute atomic E-state index is 13.1. The number of carbonyl (C=O) groups is 2. The second-order valence-corrected chi connectivity index (χ2v) is 10.5. The number of hydrogen-bond acceptors (Lipinski definition) is 5. The number of benzene rings is 1. The highest BCUT2D eigenvalue weighted by Crippen LogP contribution is 2.41. The molecule has 7 heteroatoms. The van der Waals surface area contributed by atoms with Gasteiger partial charge >= 0.3 is 0 Å². The van der Waals surface area contributed by atoms with Crippen molar-refractivity contribution in [3.63, 3.8) is 0 Å². The van der Waals surface area contributed by atoms with Crippen LogP contribution in [0, 0.1) is 11.3 Å². The van der Waals surface area contributed by atoms with Gasteiger partial charge in [-0.1, -0.05) is 13.0 Å². The average molecular weight is 458 g/mol. The van der Waals surface area contributed by atoms with Crippen LogP contribution in [0.15, 0.2) is 18.2 Å². The number of rotatable bonds is 9. The van der Waals surface area contributed by atoms with E-state index in [1.54, 1.807) is 6.92 Å². The van der Waals surface area contributed by atoms with Crippen LogP contribution >= 0.6 is 0 Å². The summed E-state index contributed by atoms with van der Waals surface area (Å²) in [5.41, 5.74) is 2.79. The Morgan fingerprint density at radius 3 is 2.55 bits per heavy atom. The third-order valence-electron chi connectivity index (χ3n) is 7.54. The fraction of sp³-hybridized carbons (Fsp3) is 0.692. The van der Waals surface area contributed by atoms with Crippen LogP contribution in [0.5, 0.6) is 0 Å². The van der Waals surface area contributed by atoms with E-state index in [9.17, 15) is 14.7 Å². The van der Waals surface area contributed by atoms with Crippen molar-refractivity contribution >= 4 is 23.2 Å². The standard InChI is InChI=1S/C26H39N3O4/c1-5-20(12-27-17(2)11-26(14-30)15-33-16-26)22-8-9-23-24(10-22)28(25(32)21-6-7-21)13-18(3)29(23)19(4)31/h8-10,17-18,20-21,27,30H,5-7,11-16H2,1-4H3/t17?,18-,20?/m0/s1. The van der Waals surface area contributed by atoms with E-state index < -0.39 is 0 Å². The Balaban J connectivity index is 1.53. The lowest BCUT2D eigenvalue weighted by Crippen LogP contribution is -2.51. The van der Waals surface area contributed by atoms with Gasteiger partial charge in [-0.05, 0) is 63.1 Å². The molecule has 2 unspecified atom stereocenters. The second kappa shape index (κ2) is 9.72. The maximum Gasteiger partial charge on any atom is 0.230 e. The zero-order chi connectivity index (χ0) is 23.8. The van der Waals surface area contributed by atoms with Crippen LogP contribution in [0.25, 0.3) is 0 Å². The Bertz CT molecular complexity index is 875. The van der Waals surface area contributed by atoms with Crippen molar-refractivity contribution in [2.24, 2.45) is 11.3 Å². The predicted molar refractivity (Wildman–Crippen MR) is 130 cm³/mol. The minimum Gasteiger partial charge on any atom is -0.396 e. The number of ether oxygens (including phenoxy) is 1. The Morgan fingerprint density at radius 1 is 1.27 bits per heavy atom. The van der Waals surface area contributed by atoms with Crippen molar-refractivity contribution in [1.29, 1.82) is 0 Å². The molecule has 0 spiro atoms. The van der Waals surface area contributed by atoms with Crippen molar-refractivity contribution in [2.45, 2.75) is 71.4 Å². The van der Waals surface area contributed by atoms with E-state index in [4.69, 9.17) is 4.74 Å². The number of anilines is 2. The van der Waals surface area contributed by atoms with Gasteiger partial charge in [0.25, 0.3) is 0 Å². The molecule has 4 rings (SSSR count). The lowest BCUT2D eigenvalue weighted by Gasteiger charge is -2.42. The van der Waals surface area contributed by atoms with Crippen molar-refractivity contribution < 1.29 is 19.4 Å². The van der Waals surface area contributed by atoms with Gasteiger partial charge in [0.2, 0.25) is 11.8 Å². The van der Waals surface area contributed by atoms with Gasteiger partial charge in [-0.15, -0.1) is 0 Å². The molecule has 1 saturated carbocycles. The molecule has 182 valence electrons. The third-order valence-corrected chi connectivity index (χ3v) is 7.54. The van der Waals surface area contributed by atoms with Gasteiger partial charge in [-0.2, -0.15) is 0 Å². The molecule has 3 aliphatic rings. The van der Waals surface area contributed by atoms with Gasteiger partial charge < -0.3 is 25.0 Å². The highest BCUT2D eigenvalue weighted by Gasteiger charge is 2.40. The van der Waals surface area contributed by atoms with E-state index in [1.807, 2.05) is 22.8 Å². The Kier molecular flexibility index (Phi) is 7.12. The van der Waals surface area contributed by atoms with E-state index in [-0.39, 0.29) is 41.8 Å². The number of nitrogens with one attached hydrogen (secondary N) is 1. The molecular weight excluding hydrogens is 418 g/mol. The number of hydrogen-bond donors (Lipinski definition) is 2. The van der Waals surface area contributed by atoms with Gasteiger partial charge in [-0.25, -0.2) is 0 Å². The van der Waals surface area contributed by atoms with Gasteiger partial charge in [0.05, 0.1) is 37.2 Å². The second-order valence-electron chi connectivity index (χ2n) is 10.5. The van der Waals surface area contributed by atoms with Crippen LogP contribution in [-0.4, -0.2) is 61.9 Å². The summed E-state index contributed by atoms with van der Waals surface area (Å²) in [6, 6.07) is 6.50. The smallest absolute Gasteiger partial charge is 0.230 e. The van der Waals surface area contributed by atoms with Gasteiger partial charge in [0.15, 0.2) is 0 Å². The first-order valence-electron chi connectivity index (χ1n) is 12.5. The Labute approximate surface area is 197 Å². The summed E-state index contributed by atoms with van der Waals surface area (Å²) < 4.78 is 5.33. The molecule has 2 heterocycles. The minimum atomic E-state index is -0.101. The summed E-state index contributed by atoms with van der Waals surface area (Å²) in [5.74, 6) is 0.635. The van der Waals surface area contributed by atoms with E-state index >= 15 is 0 Å². The predicted octanol–water partition coefficient (Wildman–Crippen LogP) is 3.06. The average Bonchev–Trinajstić information content (AvgIpc) is 3.61. The van der Waals surface area contributed by atoms with E-state index in [0.717, 1.165) is 43.6 Å². The summed E-state index contributed by atoms with van der Waals surface area (Å²) in [6.45, 7) is 10.7. The first kappa shape index (κ1) is 24.2. The number of amides is 2. The summed E-state index contributed by atoms with van der Waals surface area (Å²) in [6.07, 6.45) is 3.79. The molecule has 1 saturated heterocycles. The summed E-state index contributed by atoms with van der Waals surface area (Å²) in [5, 5.41) is 13.4. The number of carbonyl (C=O) groups excluding carboxylic acids is 2. The monoisotopic (exact) mass is 457 g/mol. The largest absolute Gasteiger partial charge is 0.396 e. The highest BCUT2D eigenvalue weighted by atomic mass is 16.5. The van der Waals surface area contributed by atoms with E-state index in [0.29, 0.717) is 25.7 Å². The topological polar surface area (TPSA) is 82.1 Å². The summed E-state index contributed by atoms with van der Waals surface area (Å²) in [4.78, 5) is 29.2. The number of nitrogens with zero attached hydrogens (tertiary/aromatic N) is 2. The molecule has 3 atom stereocenters. The molecule has 2 N–H and O–H groups in total. The lowest BCUT2D eigenvalue weighted by atomic mass is 9.80. The van der Waals surface area contributed by atoms with Gasteiger partial charge in [0, 0.05) is 37.4 Å². The van der Waals surface area contributed by atoms with Crippen LogP contribution in [0.4, 0.5) is 11.4 Å². The van der Waals surface area contributed by atoms with Crippen molar-refractivity contribution in [3.05, 3.63) is 23.8 Å². The van der Waals surface area contributed by atoms with Crippen molar-refractivity contribution in [3.8, 4) is 0 Å². The molecule has 1 aromatic rings. The molecule has 1 aromatic carbocycles. The first-order chi connectivity index (χ1) is 15.8.